The second kappa shape index (κ2) is 7.62. The summed E-state index contributed by atoms with van der Waals surface area (Å²) in [6.45, 7) is 2.38. The van der Waals surface area contributed by atoms with Crippen LogP contribution in [0.4, 0.5) is 0 Å². The van der Waals surface area contributed by atoms with Crippen LogP contribution in [0.25, 0.3) is 0 Å². The third-order valence-electron chi connectivity index (χ3n) is 3.42. The molecule has 0 aliphatic heterocycles. The van der Waals surface area contributed by atoms with E-state index in [1.165, 1.54) is 32.1 Å². The SMILES string of the molecule is NC(=O)c1csc(CNCCOC2CCCCC2)c1. The summed E-state index contributed by atoms with van der Waals surface area (Å²) in [6.07, 6.45) is 6.88. The molecular weight excluding hydrogens is 260 g/mol. The predicted molar refractivity (Wildman–Crippen MR) is 77.4 cm³/mol. The Kier molecular flexibility index (Phi) is 5.82. The van der Waals surface area contributed by atoms with Crippen molar-refractivity contribution >= 4 is 17.2 Å². The van der Waals surface area contributed by atoms with Crippen LogP contribution in [0.1, 0.15) is 47.3 Å². The predicted octanol–water partition coefficient (Wildman–Crippen LogP) is 2.29. The molecule has 0 atom stereocenters. The smallest absolute Gasteiger partial charge is 0.249 e. The minimum absolute atomic E-state index is 0.358. The molecule has 1 amide bonds. The van der Waals surface area contributed by atoms with Gasteiger partial charge in [0.25, 0.3) is 0 Å². The van der Waals surface area contributed by atoms with E-state index in [-0.39, 0.29) is 5.91 Å². The molecule has 1 aromatic rings. The van der Waals surface area contributed by atoms with E-state index >= 15 is 0 Å². The molecule has 0 aromatic carbocycles. The maximum Gasteiger partial charge on any atom is 0.249 e. The molecule has 5 heteroatoms. The van der Waals surface area contributed by atoms with Gasteiger partial charge in [-0.2, -0.15) is 0 Å². The molecule has 2 rings (SSSR count). The molecule has 3 N–H and O–H groups in total. The summed E-state index contributed by atoms with van der Waals surface area (Å²) >= 11 is 1.56. The molecule has 0 spiro atoms. The Bertz CT molecular complexity index is 400. The highest BCUT2D eigenvalue weighted by molar-refractivity contribution is 7.10. The largest absolute Gasteiger partial charge is 0.377 e. The Morgan fingerprint density at radius 1 is 1.42 bits per heavy atom. The molecule has 4 nitrogen and oxygen atoms in total. The molecule has 1 aliphatic carbocycles. The number of hydrogen-bond acceptors (Lipinski definition) is 4. The zero-order chi connectivity index (χ0) is 13.5. The van der Waals surface area contributed by atoms with Crippen LogP contribution in [0.5, 0.6) is 0 Å². The highest BCUT2D eigenvalue weighted by Crippen LogP contribution is 2.20. The number of nitrogens with two attached hydrogens (primary N) is 1. The molecule has 19 heavy (non-hydrogen) atoms. The van der Waals surface area contributed by atoms with E-state index in [4.69, 9.17) is 10.5 Å². The highest BCUT2D eigenvalue weighted by atomic mass is 32.1. The number of rotatable bonds is 7. The summed E-state index contributed by atoms with van der Waals surface area (Å²) < 4.78 is 5.83. The first-order valence-electron chi connectivity index (χ1n) is 6.95. The lowest BCUT2D eigenvalue weighted by molar-refractivity contribution is 0.0302. The number of thiophene rings is 1. The first-order valence-corrected chi connectivity index (χ1v) is 7.83. The average Bonchev–Trinajstić information content (AvgIpc) is 2.89. The zero-order valence-corrected chi connectivity index (χ0v) is 12.0. The van der Waals surface area contributed by atoms with Crippen molar-refractivity contribution in [1.29, 1.82) is 0 Å². The summed E-state index contributed by atoms with van der Waals surface area (Å²) in [4.78, 5) is 12.1. The van der Waals surface area contributed by atoms with Gasteiger partial charge in [-0.15, -0.1) is 11.3 Å². The van der Waals surface area contributed by atoms with Crippen LogP contribution in [-0.2, 0) is 11.3 Å². The van der Waals surface area contributed by atoms with Crippen LogP contribution < -0.4 is 11.1 Å². The number of ether oxygens (including phenoxy) is 1. The van der Waals surface area contributed by atoms with Gasteiger partial charge in [-0.1, -0.05) is 19.3 Å². The summed E-state index contributed by atoms with van der Waals surface area (Å²) in [6, 6.07) is 1.85. The van der Waals surface area contributed by atoms with E-state index in [9.17, 15) is 4.79 Å². The molecule has 0 radical (unpaired) electrons. The number of carbonyl (C=O) groups is 1. The van der Waals surface area contributed by atoms with Gasteiger partial charge < -0.3 is 15.8 Å². The lowest BCUT2D eigenvalue weighted by Crippen LogP contribution is -2.24. The summed E-state index contributed by atoms with van der Waals surface area (Å²) in [7, 11) is 0. The van der Waals surface area contributed by atoms with E-state index < -0.39 is 0 Å². The Balaban J connectivity index is 1.57. The fourth-order valence-corrected chi connectivity index (χ4v) is 3.19. The molecule has 1 fully saturated rings. The Morgan fingerprint density at radius 3 is 2.89 bits per heavy atom. The van der Waals surface area contributed by atoms with Crippen LogP contribution in [-0.4, -0.2) is 25.2 Å². The van der Waals surface area contributed by atoms with Crippen molar-refractivity contribution in [1.82, 2.24) is 5.32 Å². The summed E-state index contributed by atoms with van der Waals surface area (Å²) in [5, 5.41) is 5.13. The average molecular weight is 282 g/mol. The van der Waals surface area contributed by atoms with Crippen molar-refractivity contribution in [2.75, 3.05) is 13.2 Å². The van der Waals surface area contributed by atoms with Gasteiger partial charge in [0.2, 0.25) is 5.91 Å². The molecule has 0 unspecified atom stereocenters. The van der Waals surface area contributed by atoms with Gasteiger partial charge in [0.1, 0.15) is 0 Å². The highest BCUT2D eigenvalue weighted by Gasteiger charge is 2.12. The van der Waals surface area contributed by atoms with Gasteiger partial charge in [-0.3, -0.25) is 4.79 Å². The lowest BCUT2D eigenvalue weighted by Gasteiger charge is -2.21. The normalized spacial score (nSPS) is 16.6. The van der Waals surface area contributed by atoms with Crippen molar-refractivity contribution in [3.05, 3.63) is 21.9 Å². The number of primary amides is 1. The van der Waals surface area contributed by atoms with Gasteiger partial charge in [-0.25, -0.2) is 0 Å². The fraction of sp³-hybridized carbons (Fsp3) is 0.643. The molecule has 0 saturated heterocycles. The van der Waals surface area contributed by atoms with Gasteiger partial charge >= 0.3 is 0 Å². The quantitative estimate of drug-likeness (QED) is 0.754. The van der Waals surface area contributed by atoms with E-state index in [1.807, 2.05) is 6.07 Å². The van der Waals surface area contributed by atoms with Gasteiger partial charge in [0.05, 0.1) is 18.3 Å². The first kappa shape index (κ1) is 14.5. The molecule has 0 bridgehead atoms. The number of nitrogens with one attached hydrogen (secondary N) is 1. The topological polar surface area (TPSA) is 64.4 Å². The Labute approximate surface area is 118 Å². The fourth-order valence-electron chi connectivity index (χ4n) is 2.34. The zero-order valence-electron chi connectivity index (χ0n) is 11.2. The van der Waals surface area contributed by atoms with E-state index in [1.54, 1.807) is 16.7 Å². The Hall–Kier alpha value is -0.910. The lowest BCUT2D eigenvalue weighted by atomic mass is 9.98. The van der Waals surface area contributed by atoms with Crippen molar-refractivity contribution in [2.45, 2.75) is 44.8 Å². The molecule has 1 heterocycles. The van der Waals surface area contributed by atoms with Gasteiger partial charge in [0.15, 0.2) is 0 Å². The van der Waals surface area contributed by atoms with E-state index in [0.29, 0.717) is 11.7 Å². The van der Waals surface area contributed by atoms with Crippen LogP contribution in [0, 0.1) is 0 Å². The summed E-state index contributed by atoms with van der Waals surface area (Å²) in [5.41, 5.74) is 5.81. The molecule has 1 aliphatic rings. The minimum Gasteiger partial charge on any atom is -0.377 e. The van der Waals surface area contributed by atoms with Crippen molar-refractivity contribution in [2.24, 2.45) is 5.73 Å². The van der Waals surface area contributed by atoms with Crippen LogP contribution >= 0.6 is 11.3 Å². The molecule has 1 aromatic heterocycles. The van der Waals surface area contributed by atoms with Crippen molar-refractivity contribution in [3.63, 3.8) is 0 Å². The first-order chi connectivity index (χ1) is 9.25. The number of carbonyl (C=O) groups excluding carboxylic acids is 1. The van der Waals surface area contributed by atoms with Gasteiger partial charge in [-0.05, 0) is 18.9 Å². The van der Waals surface area contributed by atoms with Crippen LogP contribution in [0.3, 0.4) is 0 Å². The number of hydrogen-bond donors (Lipinski definition) is 2. The van der Waals surface area contributed by atoms with E-state index in [0.717, 1.165) is 24.6 Å². The standard InChI is InChI=1S/C14H22N2O2S/c15-14(17)11-8-13(19-10-11)9-16-6-7-18-12-4-2-1-3-5-12/h8,10,12,16H,1-7,9H2,(H2,15,17). The maximum absolute atomic E-state index is 11.0. The Morgan fingerprint density at radius 2 is 2.21 bits per heavy atom. The van der Waals surface area contributed by atoms with Crippen molar-refractivity contribution < 1.29 is 9.53 Å². The van der Waals surface area contributed by atoms with Crippen molar-refractivity contribution in [3.8, 4) is 0 Å². The third-order valence-corrected chi connectivity index (χ3v) is 4.36. The monoisotopic (exact) mass is 282 g/mol. The molecule has 1 saturated carbocycles. The third kappa shape index (κ3) is 4.93. The molecule has 106 valence electrons. The minimum atomic E-state index is -0.358. The van der Waals surface area contributed by atoms with Crippen LogP contribution in [0.2, 0.25) is 0 Å². The second-order valence-corrected chi connectivity index (χ2v) is 5.97. The van der Waals surface area contributed by atoms with Gasteiger partial charge in [0, 0.05) is 23.3 Å². The summed E-state index contributed by atoms with van der Waals surface area (Å²) in [5.74, 6) is -0.358. The van der Waals surface area contributed by atoms with Crippen LogP contribution in [0.15, 0.2) is 11.4 Å². The number of amides is 1. The maximum atomic E-state index is 11.0. The second-order valence-electron chi connectivity index (χ2n) is 4.97. The molecular formula is C14H22N2O2S. The van der Waals surface area contributed by atoms with E-state index in [2.05, 4.69) is 5.32 Å².